The predicted octanol–water partition coefficient (Wildman–Crippen LogP) is 2.38. The van der Waals surface area contributed by atoms with Crippen LogP contribution in [0.1, 0.15) is 24.2 Å². The molecule has 0 bridgehead atoms. The van der Waals surface area contributed by atoms with Gasteiger partial charge in [-0.3, -0.25) is 4.79 Å². The molecular formula is C11H11ClN2O. The van der Waals surface area contributed by atoms with Gasteiger partial charge < -0.3 is 4.98 Å². The first kappa shape index (κ1) is 10.2. The van der Waals surface area contributed by atoms with Crippen LogP contribution in [0.15, 0.2) is 28.2 Å². The fourth-order valence-corrected chi connectivity index (χ4v) is 1.59. The maximum Gasteiger partial charge on any atom is 0.254 e. The van der Waals surface area contributed by atoms with E-state index in [1.807, 2.05) is 12.2 Å². The van der Waals surface area contributed by atoms with Crippen molar-refractivity contribution in [1.29, 1.82) is 0 Å². The zero-order valence-corrected chi connectivity index (χ0v) is 9.14. The number of nitrogens with one attached hydrogen (secondary N) is 1. The van der Waals surface area contributed by atoms with Crippen LogP contribution in [0.3, 0.4) is 0 Å². The van der Waals surface area contributed by atoms with E-state index < -0.39 is 0 Å². The molecule has 0 saturated heterocycles. The van der Waals surface area contributed by atoms with E-state index in [-0.39, 0.29) is 5.56 Å². The summed E-state index contributed by atoms with van der Waals surface area (Å²) in [6.45, 7) is 1.74. The molecule has 0 saturated carbocycles. The number of rotatable bonds is 1. The molecule has 0 aliphatic heterocycles. The van der Waals surface area contributed by atoms with Gasteiger partial charge in [-0.25, -0.2) is 4.98 Å². The molecule has 2 rings (SSSR count). The molecule has 1 aromatic rings. The Hall–Kier alpha value is -1.35. The lowest BCUT2D eigenvalue weighted by atomic mass is 10.0. The van der Waals surface area contributed by atoms with Crippen LogP contribution in [-0.2, 0) is 0 Å². The fourth-order valence-electron chi connectivity index (χ4n) is 1.43. The summed E-state index contributed by atoms with van der Waals surface area (Å²) in [6.07, 6.45) is 6.97. The second kappa shape index (κ2) is 4.03. The summed E-state index contributed by atoms with van der Waals surface area (Å²) in [5, 5.41) is 0.841. The van der Waals surface area contributed by atoms with E-state index in [0.717, 1.165) is 23.4 Å². The van der Waals surface area contributed by atoms with Gasteiger partial charge in [-0.05, 0) is 31.4 Å². The predicted molar refractivity (Wildman–Crippen MR) is 60.7 cm³/mol. The van der Waals surface area contributed by atoms with Crippen LogP contribution in [0.4, 0.5) is 0 Å². The summed E-state index contributed by atoms with van der Waals surface area (Å²) >= 11 is 5.85. The van der Waals surface area contributed by atoms with E-state index >= 15 is 0 Å². The molecular weight excluding hydrogens is 212 g/mol. The number of H-pyrrole nitrogens is 1. The monoisotopic (exact) mass is 222 g/mol. The highest BCUT2D eigenvalue weighted by molar-refractivity contribution is 6.29. The summed E-state index contributed by atoms with van der Waals surface area (Å²) in [6, 6.07) is 0. The number of nitrogens with zero attached hydrogens (tertiary/aromatic N) is 1. The lowest BCUT2D eigenvalue weighted by Crippen LogP contribution is -2.13. The molecule has 0 fully saturated rings. The Morgan fingerprint density at radius 3 is 2.80 bits per heavy atom. The van der Waals surface area contributed by atoms with Gasteiger partial charge in [0.15, 0.2) is 0 Å². The van der Waals surface area contributed by atoms with Crippen LogP contribution >= 0.6 is 11.6 Å². The summed E-state index contributed by atoms with van der Waals surface area (Å²) in [7, 11) is 0. The van der Waals surface area contributed by atoms with Crippen molar-refractivity contribution in [2.75, 3.05) is 0 Å². The largest absolute Gasteiger partial charge is 0.307 e. The highest BCUT2D eigenvalue weighted by Crippen LogP contribution is 2.25. The Morgan fingerprint density at radius 1 is 1.40 bits per heavy atom. The molecule has 1 heterocycles. The fraction of sp³-hybridized carbons (Fsp3) is 0.273. The zero-order chi connectivity index (χ0) is 10.8. The molecule has 4 heteroatoms. The number of aromatic amines is 1. The van der Waals surface area contributed by atoms with Crippen molar-refractivity contribution in [2.45, 2.75) is 19.8 Å². The highest BCUT2D eigenvalue weighted by Gasteiger charge is 2.09. The summed E-state index contributed by atoms with van der Waals surface area (Å²) in [5.74, 6) is 0.644. The van der Waals surface area contributed by atoms with Crippen molar-refractivity contribution in [3.8, 4) is 0 Å². The molecule has 1 N–H and O–H groups in total. The second-order valence-electron chi connectivity index (χ2n) is 3.55. The molecule has 78 valence electrons. The molecule has 0 unspecified atom stereocenters. The first-order chi connectivity index (χ1) is 7.16. The third-order valence-corrected chi connectivity index (χ3v) is 2.70. The van der Waals surface area contributed by atoms with Gasteiger partial charge in [0.2, 0.25) is 0 Å². The van der Waals surface area contributed by atoms with Crippen LogP contribution in [-0.4, -0.2) is 9.97 Å². The Labute approximate surface area is 92.5 Å². The molecule has 0 atom stereocenters. The number of hydrogen-bond acceptors (Lipinski definition) is 2. The molecule has 0 radical (unpaired) electrons. The van der Waals surface area contributed by atoms with E-state index in [1.165, 1.54) is 0 Å². The highest BCUT2D eigenvalue weighted by atomic mass is 35.5. The van der Waals surface area contributed by atoms with Crippen molar-refractivity contribution in [2.24, 2.45) is 0 Å². The second-order valence-corrected chi connectivity index (χ2v) is 4.03. The van der Waals surface area contributed by atoms with Crippen LogP contribution in [0.2, 0.25) is 0 Å². The molecule has 1 aliphatic carbocycles. The van der Waals surface area contributed by atoms with E-state index in [2.05, 4.69) is 9.97 Å². The minimum Gasteiger partial charge on any atom is -0.307 e. The smallest absolute Gasteiger partial charge is 0.254 e. The minimum atomic E-state index is -0.0819. The van der Waals surface area contributed by atoms with Crippen LogP contribution < -0.4 is 5.56 Å². The third-order valence-electron chi connectivity index (χ3n) is 2.38. The van der Waals surface area contributed by atoms with E-state index in [9.17, 15) is 4.79 Å². The number of allylic oxidation sites excluding steroid dienone is 4. The van der Waals surface area contributed by atoms with Gasteiger partial charge in [-0.2, -0.15) is 0 Å². The standard InChI is InChI=1S/C11H11ClN2O/c1-7-6-13-10(14-11(7)15)8-2-4-9(12)5-3-8/h2,4,6H,3,5H2,1H3,(H,13,14,15). The first-order valence-electron chi connectivity index (χ1n) is 4.78. The molecule has 0 spiro atoms. The van der Waals surface area contributed by atoms with E-state index in [1.54, 1.807) is 13.1 Å². The molecule has 0 aromatic carbocycles. The summed E-state index contributed by atoms with van der Waals surface area (Å²) in [4.78, 5) is 18.3. The van der Waals surface area contributed by atoms with E-state index in [4.69, 9.17) is 11.6 Å². The number of aryl methyl sites for hydroxylation is 1. The average Bonchev–Trinajstić information content (AvgIpc) is 2.23. The van der Waals surface area contributed by atoms with Crippen LogP contribution in [0.5, 0.6) is 0 Å². The van der Waals surface area contributed by atoms with Crippen molar-refractivity contribution < 1.29 is 0 Å². The summed E-state index contributed by atoms with van der Waals surface area (Å²) in [5.41, 5.74) is 1.57. The van der Waals surface area contributed by atoms with Crippen LogP contribution in [0, 0.1) is 6.92 Å². The Balaban J connectivity index is 2.39. The normalized spacial score (nSPS) is 15.9. The maximum absolute atomic E-state index is 11.4. The Kier molecular flexibility index (Phi) is 2.73. The minimum absolute atomic E-state index is 0.0819. The van der Waals surface area contributed by atoms with Crippen molar-refractivity contribution in [3.05, 3.63) is 45.1 Å². The van der Waals surface area contributed by atoms with Gasteiger partial charge in [-0.1, -0.05) is 17.7 Å². The lowest BCUT2D eigenvalue weighted by Gasteiger charge is -2.09. The Bertz CT molecular complexity index is 500. The van der Waals surface area contributed by atoms with Gasteiger partial charge in [0.1, 0.15) is 5.82 Å². The SMILES string of the molecule is Cc1cnc(C2=CC=C(Cl)CC2)[nH]c1=O. The average molecular weight is 223 g/mol. The molecule has 1 aromatic heterocycles. The molecule has 0 amide bonds. The van der Waals surface area contributed by atoms with Gasteiger partial charge in [0, 0.05) is 16.8 Å². The van der Waals surface area contributed by atoms with E-state index in [0.29, 0.717) is 11.4 Å². The summed E-state index contributed by atoms with van der Waals surface area (Å²) < 4.78 is 0. The number of hydrogen-bond donors (Lipinski definition) is 1. The van der Waals surface area contributed by atoms with Gasteiger partial charge in [0.25, 0.3) is 5.56 Å². The zero-order valence-electron chi connectivity index (χ0n) is 8.38. The molecule has 15 heavy (non-hydrogen) atoms. The quantitative estimate of drug-likeness (QED) is 0.793. The van der Waals surface area contributed by atoms with Crippen molar-refractivity contribution in [3.63, 3.8) is 0 Å². The third kappa shape index (κ3) is 2.18. The Morgan fingerprint density at radius 2 is 2.20 bits per heavy atom. The first-order valence-corrected chi connectivity index (χ1v) is 5.16. The van der Waals surface area contributed by atoms with Gasteiger partial charge in [0.05, 0.1) is 0 Å². The van der Waals surface area contributed by atoms with Crippen LogP contribution in [0.25, 0.3) is 5.57 Å². The van der Waals surface area contributed by atoms with Gasteiger partial charge in [-0.15, -0.1) is 0 Å². The topological polar surface area (TPSA) is 45.8 Å². The van der Waals surface area contributed by atoms with Crippen molar-refractivity contribution in [1.82, 2.24) is 9.97 Å². The molecule has 3 nitrogen and oxygen atoms in total. The lowest BCUT2D eigenvalue weighted by molar-refractivity contribution is 0.970. The molecule has 1 aliphatic rings. The van der Waals surface area contributed by atoms with Crippen molar-refractivity contribution >= 4 is 17.2 Å². The maximum atomic E-state index is 11.4. The van der Waals surface area contributed by atoms with Gasteiger partial charge >= 0.3 is 0 Å². The number of halogens is 1. The number of aromatic nitrogens is 2.